The van der Waals surface area contributed by atoms with Gasteiger partial charge in [0.15, 0.2) is 0 Å². The van der Waals surface area contributed by atoms with Crippen molar-refractivity contribution in [3.8, 4) is 0 Å². The van der Waals surface area contributed by atoms with Gasteiger partial charge in [0, 0.05) is 25.4 Å². The zero-order chi connectivity index (χ0) is 11.5. The summed E-state index contributed by atoms with van der Waals surface area (Å²) in [5.41, 5.74) is 1.07. The fraction of sp³-hybridized carbons (Fsp3) is 0.636. The molecule has 1 atom stereocenters. The molecule has 2 rings (SSSR count). The maximum absolute atomic E-state index is 11.4. The lowest BCUT2D eigenvalue weighted by atomic mass is 9.92. The Labute approximate surface area is 94.7 Å². The molecule has 0 saturated carbocycles. The number of oxime groups is 1. The lowest BCUT2D eigenvalue weighted by Crippen LogP contribution is -2.53. The fourth-order valence-electron chi connectivity index (χ4n) is 1.83. The third kappa shape index (κ3) is 2.18. The average Bonchev–Trinajstić information content (AvgIpc) is 2.59. The molecule has 16 heavy (non-hydrogen) atoms. The summed E-state index contributed by atoms with van der Waals surface area (Å²) in [5.74, 6) is 0.348. The van der Waals surface area contributed by atoms with Gasteiger partial charge in [-0.25, -0.2) is 4.79 Å². The number of hydrogen-bond acceptors (Lipinski definition) is 4. The number of carbonyl (C=O) groups excluding carboxylic acids is 1. The van der Waals surface area contributed by atoms with Crippen molar-refractivity contribution in [2.75, 3.05) is 19.7 Å². The fourth-order valence-corrected chi connectivity index (χ4v) is 1.83. The Hall–Kier alpha value is -1.52. The van der Waals surface area contributed by atoms with Gasteiger partial charge in [-0.05, 0) is 6.92 Å². The van der Waals surface area contributed by atoms with E-state index in [1.807, 2.05) is 6.92 Å². The first-order valence-corrected chi connectivity index (χ1v) is 5.46. The molecule has 0 aromatic heterocycles. The first-order valence-electron chi connectivity index (χ1n) is 5.46. The largest absolute Gasteiger partial charge is 0.445 e. The summed E-state index contributed by atoms with van der Waals surface area (Å²) >= 11 is 0. The van der Waals surface area contributed by atoms with Crippen LogP contribution in [0.25, 0.3) is 0 Å². The van der Waals surface area contributed by atoms with Gasteiger partial charge in [-0.1, -0.05) is 17.8 Å². The number of ether oxygens (including phenoxy) is 1. The Kier molecular flexibility index (Phi) is 3.12. The van der Waals surface area contributed by atoms with Gasteiger partial charge in [0.2, 0.25) is 0 Å². The second kappa shape index (κ2) is 4.55. The lowest BCUT2D eigenvalue weighted by molar-refractivity contribution is 0.0760. The molecule has 1 amide bonds. The number of rotatable bonds is 3. The Morgan fingerprint density at radius 2 is 2.50 bits per heavy atom. The van der Waals surface area contributed by atoms with Crippen molar-refractivity contribution in [1.29, 1.82) is 0 Å². The number of nitrogens with zero attached hydrogens (tertiary/aromatic N) is 2. The number of hydrogen-bond donors (Lipinski definition) is 0. The van der Waals surface area contributed by atoms with E-state index in [4.69, 9.17) is 9.57 Å². The maximum atomic E-state index is 11.4. The van der Waals surface area contributed by atoms with Crippen LogP contribution in [0, 0.1) is 5.92 Å². The smallest absolute Gasteiger partial charge is 0.410 e. The van der Waals surface area contributed by atoms with Crippen molar-refractivity contribution in [1.82, 2.24) is 4.90 Å². The lowest BCUT2D eigenvalue weighted by Gasteiger charge is -2.37. The van der Waals surface area contributed by atoms with Crippen LogP contribution in [0.15, 0.2) is 17.8 Å². The van der Waals surface area contributed by atoms with Crippen LogP contribution in [0.1, 0.15) is 13.3 Å². The molecule has 2 aliphatic heterocycles. The predicted octanol–water partition coefficient (Wildman–Crippen LogP) is 1.41. The first-order chi connectivity index (χ1) is 7.70. The molecular weight excluding hydrogens is 208 g/mol. The van der Waals surface area contributed by atoms with E-state index in [1.165, 1.54) is 0 Å². The SMILES string of the molecule is C=CCOC(=O)N1CC(C2=NOC(C)C2)C1. The topological polar surface area (TPSA) is 51.1 Å². The summed E-state index contributed by atoms with van der Waals surface area (Å²) in [7, 11) is 0. The second-order valence-corrected chi connectivity index (χ2v) is 4.17. The minimum absolute atomic E-state index is 0.178. The van der Waals surface area contributed by atoms with Crippen LogP contribution in [0.5, 0.6) is 0 Å². The highest BCUT2D eigenvalue weighted by atomic mass is 16.6. The zero-order valence-electron chi connectivity index (χ0n) is 9.39. The van der Waals surface area contributed by atoms with Gasteiger partial charge in [-0.3, -0.25) is 0 Å². The van der Waals surface area contributed by atoms with Crippen LogP contribution >= 0.6 is 0 Å². The average molecular weight is 224 g/mol. The van der Waals surface area contributed by atoms with Crippen LogP contribution in [0.3, 0.4) is 0 Å². The summed E-state index contributed by atoms with van der Waals surface area (Å²) in [6.45, 7) is 7.12. The van der Waals surface area contributed by atoms with Gasteiger partial charge in [0.05, 0.1) is 5.71 Å². The van der Waals surface area contributed by atoms with E-state index in [2.05, 4.69) is 11.7 Å². The molecule has 0 radical (unpaired) electrons. The molecule has 1 saturated heterocycles. The van der Waals surface area contributed by atoms with Gasteiger partial charge in [-0.15, -0.1) is 0 Å². The van der Waals surface area contributed by atoms with E-state index in [0.29, 0.717) is 19.0 Å². The quantitative estimate of drug-likeness (QED) is 0.681. The summed E-state index contributed by atoms with van der Waals surface area (Å²) in [6.07, 6.45) is 2.34. The summed E-state index contributed by atoms with van der Waals surface area (Å²) in [6, 6.07) is 0. The van der Waals surface area contributed by atoms with Crippen molar-refractivity contribution in [2.45, 2.75) is 19.4 Å². The molecule has 0 N–H and O–H groups in total. The number of carbonyl (C=O) groups is 1. The maximum Gasteiger partial charge on any atom is 0.410 e. The first kappa shape index (κ1) is 11.0. The molecule has 1 unspecified atom stereocenters. The normalized spacial score (nSPS) is 24.4. The molecule has 0 bridgehead atoms. The van der Waals surface area contributed by atoms with E-state index in [1.54, 1.807) is 11.0 Å². The Morgan fingerprint density at radius 3 is 3.06 bits per heavy atom. The van der Waals surface area contributed by atoms with Gasteiger partial charge >= 0.3 is 6.09 Å². The van der Waals surface area contributed by atoms with Crippen molar-refractivity contribution in [2.24, 2.45) is 11.1 Å². The van der Waals surface area contributed by atoms with E-state index in [-0.39, 0.29) is 18.8 Å². The van der Waals surface area contributed by atoms with Crippen LogP contribution < -0.4 is 0 Å². The molecule has 0 aliphatic carbocycles. The summed E-state index contributed by atoms with van der Waals surface area (Å²) in [4.78, 5) is 18.2. The zero-order valence-corrected chi connectivity index (χ0v) is 9.39. The molecule has 2 aliphatic rings. The Balaban J connectivity index is 1.73. The van der Waals surface area contributed by atoms with Crippen LogP contribution in [-0.2, 0) is 9.57 Å². The molecule has 2 heterocycles. The third-order valence-electron chi connectivity index (χ3n) is 2.78. The minimum Gasteiger partial charge on any atom is -0.445 e. The standard InChI is InChI=1S/C11H16N2O3/c1-3-4-15-11(14)13-6-9(7-13)10-5-8(2)16-12-10/h3,8-9H,1,4-7H2,2H3. The van der Waals surface area contributed by atoms with Crippen molar-refractivity contribution in [3.63, 3.8) is 0 Å². The molecule has 88 valence electrons. The van der Waals surface area contributed by atoms with Crippen molar-refractivity contribution >= 4 is 11.8 Å². The van der Waals surface area contributed by atoms with Crippen molar-refractivity contribution < 1.29 is 14.4 Å². The van der Waals surface area contributed by atoms with Gasteiger partial charge in [0.1, 0.15) is 12.7 Å². The monoisotopic (exact) mass is 224 g/mol. The minimum atomic E-state index is -0.274. The van der Waals surface area contributed by atoms with E-state index < -0.39 is 0 Å². The number of likely N-dealkylation sites (tertiary alicyclic amines) is 1. The third-order valence-corrected chi connectivity index (χ3v) is 2.78. The Bertz CT molecular complexity index is 321. The molecular formula is C11H16N2O3. The highest BCUT2D eigenvalue weighted by molar-refractivity contribution is 5.90. The molecule has 5 heteroatoms. The summed E-state index contributed by atoms with van der Waals surface area (Å²) in [5, 5.41) is 4.02. The molecule has 0 aromatic carbocycles. The predicted molar refractivity (Wildman–Crippen MR) is 59.2 cm³/mol. The van der Waals surface area contributed by atoms with Gasteiger partial charge < -0.3 is 14.5 Å². The van der Waals surface area contributed by atoms with Gasteiger partial charge in [-0.2, -0.15) is 0 Å². The second-order valence-electron chi connectivity index (χ2n) is 4.17. The molecule has 0 aromatic rings. The van der Waals surface area contributed by atoms with E-state index in [0.717, 1.165) is 12.1 Å². The summed E-state index contributed by atoms with van der Waals surface area (Å²) < 4.78 is 4.93. The van der Waals surface area contributed by atoms with Gasteiger partial charge in [0.25, 0.3) is 0 Å². The van der Waals surface area contributed by atoms with Crippen LogP contribution in [-0.4, -0.2) is 42.5 Å². The van der Waals surface area contributed by atoms with Crippen LogP contribution in [0.2, 0.25) is 0 Å². The highest BCUT2D eigenvalue weighted by Crippen LogP contribution is 2.24. The molecule has 0 spiro atoms. The van der Waals surface area contributed by atoms with E-state index >= 15 is 0 Å². The highest BCUT2D eigenvalue weighted by Gasteiger charge is 2.37. The number of amides is 1. The van der Waals surface area contributed by atoms with E-state index in [9.17, 15) is 4.79 Å². The molecule has 5 nitrogen and oxygen atoms in total. The Morgan fingerprint density at radius 1 is 1.75 bits per heavy atom. The van der Waals surface area contributed by atoms with Crippen molar-refractivity contribution in [3.05, 3.63) is 12.7 Å². The van der Waals surface area contributed by atoms with Crippen LogP contribution in [0.4, 0.5) is 4.79 Å². The molecule has 1 fully saturated rings.